The lowest BCUT2D eigenvalue weighted by Gasteiger charge is -2.30. The average Bonchev–Trinajstić information content (AvgIpc) is 2.41. The quantitative estimate of drug-likeness (QED) is 0.876. The van der Waals surface area contributed by atoms with Gasteiger partial charge in [-0.2, -0.15) is 0 Å². The molecule has 2 rings (SSSR count). The summed E-state index contributed by atoms with van der Waals surface area (Å²) in [6.45, 7) is 4.89. The van der Waals surface area contributed by atoms with Gasteiger partial charge in [0.2, 0.25) is 0 Å². The molecule has 1 aromatic rings. The van der Waals surface area contributed by atoms with E-state index in [1.165, 1.54) is 0 Å². The summed E-state index contributed by atoms with van der Waals surface area (Å²) >= 11 is 0. The molecule has 104 valence electrons. The highest BCUT2D eigenvalue weighted by Gasteiger charge is 2.21. The van der Waals surface area contributed by atoms with Gasteiger partial charge in [-0.1, -0.05) is 13.0 Å². The van der Waals surface area contributed by atoms with E-state index in [0.29, 0.717) is 17.7 Å². The van der Waals surface area contributed by atoms with E-state index in [1.807, 2.05) is 13.0 Å². The van der Waals surface area contributed by atoms with E-state index in [9.17, 15) is 4.79 Å². The Bertz CT molecular complexity index is 459. The predicted molar refractivity (Wildman–Crippen MR) is 74.8 cm³/mol. The molecule has 4 nitrogen and oxygen atoms in total. The van der Waals surface area contributed by atoms with E-state index in [2.05, 4.69) is 12.2 Å². The van der Waals surface area contributed by atoms with Gasteiger partial charge in [-0.25, -0.2) is 4.79 Å². The second-order valence-electron chi connectivity index (χ2n) is 5.10. The zero-order valence-electron chi connectivity index (χ0n) is 11.5. The van der Waals surface area contributed by atoms with Crippen LogP contribution in [0.15, 0.2) is 18.2 Å². The molecule has 1 fully saturated rings. The van der Waals surface area contributed by atoms with E-state index < -0.39 is 5.97 Å². The van der Waals surface area contributed by atoms with Gasteiger partial charge in [0, 0.05) is 18.3 Å². The van der Waals surface area contributed by atoms with Crippen LogP contribution in [0.1, 0.15) is 42.1 Å². The van der Waals surface area contributed by atoms with E-state index in [0.717, 1.165) is 37.1 Å². The fourth-order valence-electron chi connectivity index (χ4n) is 2.43. The highest BCUT2D eigenvalue weighted by Crippen LogP contribution is 2.23. The van der Waals surface area contributed by atoms with Crippen LogP contribution in [0.25, 0.3) is 0 Å². The number of benzene rings is 1. The third kappa shape index (κ3) is 3.47. The lowest BCUT2D eigenvalue weighted by atomic mass is 10.0. The van der Waals surface area contributed by atoms with E-state index in [1.54, 1.807) is 12.1 Å². The summed E-state index contributed by atoms with van der Waals surface area (Å²) < 4.78 is 5.65. The number of hydrogen-bond acceptors (Lipinski definition) is 3. The molecule has 0 amide bonds. The smallest absolute Gasteiger partial charge is 0.335 e. The Hall–Kier alpha value is -1.55. The van der Waals surface area contributed by atoms with Gasteiger partial charge in [-0.05, 0) is 43.9 Å². The molecule has 2 atom stereocenters. The van der Waals surface area contributed by atoms with Gasteiger partial charge in [0.05, 0.1) is 11.7 Å². The molecular formula is C15H21NO3. The molecule has 19 heavy (non-hydrogen) atoms. The normalized spacial score (nSPS) is 23.1. The molecular weight excluding hydrogens is 242 g/mol. The number of carboxylic acid groups (broad SMARTS) is 1. The molecule has 1 heterocycles. The molecule has 0 aromatic heterocycles. The number of nitrogens with one attached hydrogen (secondary N) is 1. The third-order valence-corrected chi connectivity index (χ3v) is 3.67. The van der Waals surface area contributed by atoms with Gasteiger partial charge < -0.3 is 15.2 Å². The van der Waals surface area contributed by atoms with Crippen molar-refractivity contribution >= 4 is 11.7 Å². The summed E-state index contributed by atoms with van der Waals surface area (Å²) in [4.78, 5) is 11.0. The van der Waals surface area contributed by atoms with Gasteiger partial charge in [0.25, 0.3) is 0 Å². The van der Waals surface area contributed by atoms with Crippen LogP contribution in [0.5, 0.6) is 0 Å². The van der Waals surface area contributed by atoms with E-state index in [-0.39, 0.29) is 0 Å². The maximum Gasteiger partial charge on any atom is 0.335 e. The topological polar surface area (TPSA) is 58.6 Å². The maximum atomic E-state index is 11.0. The van der Waals surface area contributed by atoms with Gasteiger partial charge in [0.1, 0.15) is 0 Å². The summed E-state index contributed by atoms with van der Waals surface area (Å²) in [5, 5.41) is 12.5. The third-order valence-electron chi connectivity index (χ3n) is 3.67. The Morgan fingerprint density at radius 3 is 3.00 bits per heavy atom. The Morgan fingerprint density at radius 2 is 2.32 bits per heavy atom. The van der Waals surface area contributed by atoms with Crippen LogP contribution in [0.3, 0.4) is 0 Å². The highest BCUT2D eigenvalue weighted by atomic mass is 16.5. The van der Waals surface area contributed by atoms with Crippen LogP contribution in [0.2, 0.25) is 0 Å². The number of aryl methyl sites for hydroxylation is 1. The number of rotatable bonds is 4. The van der Waals surface area contributed by atoms with Crippen molar-refractivity contribution in [2.75, 3.05) is 11.9 Å². The fraction of sp³-hybridized carbons (Fsp3) is 0.533. The van der Waals surface area contributed by atoms with Crippen molar-refractivity contribution in [2.45, 2.75) is 45.3 Å². The molecule has 0 bridgehead atoms. The van der Waals surface area contributed by atoms with Crippen LogP contribution >= 0.6 is 0 Å². The molecule has 2 unspecified atom stereocenters. The van der Waals surface area contributed by atoms with Crippen molar-refractivity contribution in [3.8, 4) is 0 Å². The molecule has 0 saturated carbocycles. The maximum absolute atomic E-state index is 11.0. The Kier molecular flexibility index (Phi) is 4.43. The van der Waals surface area contributed by atoms with Gasteiger partial charge in [0.15, 0.2) is 0 Å². The number of hydrogen-bond donors (Lipinski definition) is 2. The Labute approximate surface area is 113 Å². The fourth-order valence-corrected chi connectivity index (χ4v) is 2.43. The Balaban J connectivity index is 2.09. The first-order chi connectivity index (χ1) is 9.10. The lowest BCUT2D eigenvalue weighted by molar-refractivity contribution is 0.00924. The van der Waals surface area contributed by atoms with Crippen molar-refractivity contribution in [1.29, 1.82) is 0 Å². The SMILES string of the molecule is CCC1CC(Nc2cc(C(=O)O)ccc2C)CCO1. The standard InChI is InChI=1S/C15H21NO3/c1-3-13-9-12(6-7-19-13)16-14-8-11(15(17)18)5-4-10(14)2/h4-5,8,12-13,16H,3,6-7,9H2,1-2H3,(H,17,18). The second-order valence-corrected chi connectivity index (χ2v) is 5.10. The number of aromatic carboxylic acids is 1. The summed E-state index contributed by atoms with van der Waals surface area (Å²) in [5.41, 5.74) is 2.32. The summed E-state index contributed by atoms with van der Waals surface area (Å²) in [6, 6.07) is 5.57. The molecule has 0 spiro atoms. The minimum atomic E-state index is -0.888. The van der Waals surface area contributed by atoms with Crippen molar-refractivity contribution in [2.24, 2.45) is 0 Å². The molecule has 0 aliphatic carbocycles. The molecule has 1 aliphatic rings. The first-order valence-electron chi connectivity index (χ1n) is 6.82. The summed E-state index contributed by atoms with van der Waals surface area (Å²) in [6.07, 6.45) is 3.28. The van der Waals surface area contributed by atoms with Gasteiger partial charge in [-0.15, -0.1) is 0 Å². The van der Waals surface area contributed by atoms with Crippen LogP contribution in [0, 0.1) is 6.92 Å². The molecule has 1 aromatic carbocycles. The predicted octanol–water partition coefficient (Wildman–Crippen LogP) is 3.06. The molecule has 4 heteroatoms. The largest absolute Gasteiger partial charge is 0.478 e. The summed E-state index contributed by atoms with van der Waals surface area (Å²) in [5.74, 6) is -0.888. The number of ether oxygens (including phenoxy) is 1. The zero-order chi connectivity index (χ0) is 13.8. The van der Waals surface area contributed by atoms with Crippen molar-refractivity contribution in [3.05, 3.63) is 29.3 Å². The molecule has 1 aliphatic heterocycles. The monoisotopic (exact) mass is 263 g/mol. The first-order valence-corrected chi connectivity index (χ1v) is 6.82. The highest BCUT2D eigenvalue weighted by molar-refractivity contribution is 5.89. The van der Waals surface area contributed by atoms with E-state index in [4.69, 9.17) is 9.84 Å². The minimum absolute atomic E-state index is 0.314. The molecule has 0 radical (unpaired) electrons. The number of carbonyl (C=O) groups is 1. The van der Waals surface area contributed by atoms with Gasteiger partial charge in [-0.3, -0.25) is 0 Å². The average molecular weight is 263 g/mol. The summed E-state index contributed by atoms with van der Waals surface area (Å²) in [7, 11) is 0. The van der Waals surface area contributed by atoms with Crippen molar-refractivity contribution in [1.82, 2.24) is 0 Å². The molecule has 2 N–H and O–H groups in total. The molecule has 1 saturated heterocycles. The zero-order valence-corrected chi connectivity index (χ0v) is 11.5. The number of anilines is 1. The van der Waals surface area contributed by atoms with Crippen LogP contribution < -0.4 is 5.32 Å². The number of carboxylic acids is 1. The minimum Gasteiger partial charge on any atom is -0.478 e. The first kappa shape index (κ1) is 13.9. The Morgan fingerprint density at radius 1 is 1.53 bits per heavy atom. The second kappa shape index (κ2) is 6.06. The van der Waals surface area contributed by atoms with Crippen molar-refractivity contribution < 1.29 is 14.6 Å². The van der Waals surface area contributed by atoms with Crippen LogP contribution in [0.4, 0.5) is 5.69 Å². The van der Waals surface area contributed by atoms with Crippen LogP contribution in [-0.2, 0) is 4.74 Å². The van der Waals surface area contributed by atoms with E-state index >= 15 is 0 Å². The van der Waals surface area contributed by atoms with Gasteiger partial charge >= 0.3 is 5.97 Å². The van der Waals surface area contributed by atoms with Crippen LogP contribution in [-0.4, -0.2) is 29.8 Å². The van der Waals surface area contributed by atoms with Crippen molar-refractivity contribution in [3.63, 3.8) is 0 Å². The lowest BCUT2D eigenvalue weighted by Crippen LogP contribution is -2.33.